The highest BCUT2D eigenvalue weighted by atomic mass is 16.6. The molecule has 3 N–H and O–H groups in total. The molecule has 0 radical (unpaired) electrons. The van der Waals surface area contributed by atoms with Crippen LogP contribution in [0.3, 0.4) is 0 Å². The van der Waals surface area contributed by atoms with Crippen LogP contribution in [-0.4, -0.2) is 56.5 Å². The summed E-state index contributed by atoms with van der Waals surface area (Å²) in [4.78, 5) is 15.7. The predicted molar refractivity (Wildman–Crippen MR) is 91.8 cm³/mol. The lowest BCUT2D eigenvalue weighted by Gasteiger charge is -2.24. The second-order valence-electron chi connectivity index (χ2n) is 7.04. The lowest BCUT2D eigenvalue weighted by molar-refractivity contribution is 0.0242. The first-order chi connectivity index (χ1) is 10.7. The molecule has 1 unspecified atom stereocenters. The number of hydrogen-bond donors (Lipinski definition) is 3. The van der Waals surface area contributed by atoms with Crippen LogP contribution in [0.4, 0.5) is 4.79 Å². The van der Waals surface area contributed by atoms with Crippen LogP contribution in [0.1, 0.15) is 47.0 Å². The summed E-state index contributed by atoms with van der Waals surface area (Å²) in [6.07, 6.45) is 2.58. The zero-order chi connectivity index (χ0) is 17.3. The third-order valence-electron chi connectivity index (χ3n) is 3.47. The molecule has 1 aliphatic heterocycles. The summed E-state index contributed by atoms with van der Waals surface area (Å²) in [5.74, 6) is 0.749. The van der Waals surface area contributed by atoms with E-state index in [1.807, 2.05) is 20.8 Å². The summed E-state index contributed by atoms with van der Waals surface area (Å²) < 4.78 is 10.9. The van der Waals surface area contributed by atoms with Gasteiger partial charge in [0.05, 0.1) is 5.60 Å². The molecular formula is C16H32N4O3. The number of carbonyl (C=O) groups excluding carboxylic acids is 1. The van der Waals surface area contributed by atoms with Gasteiger partial charge in [-0.15, -0.1) is 0 Å². The first-order valence-corrected chi connectivity index (χ1v) is 8.29. The number of amides is 1. The fraction of sp³-hybridized carbons (Fsp3) is 0.875. The minimum atomic E-state index is -0.466. The summed E-state index contributed by atoms with van der Waals surface area (Å²) in [7, 11) is 1.74. The maximum absolute atomic E-state index is 11.5. The third-order valence-corrected chi connectivity index (χ3v) is 3.47. The molecule has 0 spiro atoms. The number of nitrogens with one attached hydrogen (secondary N) is 3. The molecule has 23 heavy (non-hydrogen) atoms. The number of guanidine groups is 1. The Morgan fingerprint density at radius 2 is 1.96 bits per heavy atom. The van der Waals surface area contributed by atoms with Crippen molar-refractivity contribution < 1.29 is 14.3 Å². The van der Waals surface area contributed by atoms with Crippen LogP contribution in [0.25, 0.3) is 0 Å². The van der Waals surface area contributed by atoms with Crippen molar-refractivity contribution in [2.24, 2.45) is 4.99 Å². The van der Waals surface area contributed by atoms with Crippen molar-refractivity contribution in [3.63, 3.8) is 0 Å². The lowest BCUT2D eigenvalue weighted by Crippen LogP contribution is -2.46. The van der Waals surface area contributed by atoms with Gasteiger partial charge in [-0.25, -0.2) is 4.79 Å². The molecule has 1 heterocycles. The van der Waals surface area contributed by atoms with E-state index >= 15 is 0 Å². The first kappa shape index (κ1) is 19.5. The zero-order valence-electron chi connectivity index (χ0n) is 15.1. The van der Waals surface area contributed by atoms with Crippen LogP contribution in [0.2, 0.25) is 0 Å². The maximum Gasteiger partial charge on any atom is 0.407 e. The van der Waals surface area contributed by atoms with Crippen molar-refractivity contribution >= 4 is 12.1 Å². The molecule has 1 saturated heterocycles. The van der Waals surface area contributed by atoms with Crippen molar-refractivity contribution in [1.29, 1.82) is 0 Å². The second kappa shape index (κ2) is 8.96. The topological polar surface area (TPSA) is 84.0 Å². The van der Waals surface area contributed by atoms with Crippen LogP contribution < -0.4 is 16.0 Å². The minimum absolute atomic E-state index is 0.101. The van der Waals surface area contributed by atoms with Crippen molar-refractivity contribution in [3.05, 3.63) is 0 Å². The van der Waals surface area contributed by atoms with Gasteiger partial charge in [0.25, 0.3) is 0 Å². The van der Waals surface area contributed by atoms with Crippen molar-refractivity contribution in [3.8, 4) is 0 Å². The van der Waals surface area contributed by atoms with E-state index in [9.17, 15) is 4.79 Å². The summed E-state index contributed by atoms with van der Waals surface area (Å²) in [6, 6.07) is 0. The molecule has 0 aromatic heterocycles. The second-order valence-corrected chi connectivity index (χ2v) is 7.04. The molecule has 0 aromatic carbocycles. The quantitative estimate of drug-likeness (QED) is 0.392. The van der Waals surface area contributed by atoms with Crippen molar-refractivity contribution in [2.75, 3.05) is 33.3 Å². The first-order valence-electron chi connectivity index (χ1n) is 8.29. The highest BCUT2D eigenvalue weighted by molar-refractivity contribution is 5.79. The molecule has 0 aromatic rings. The Morgan fingerprint density at radius 1 is 1.26 bits per heavy atom. The highest BCUT2D eigenvalue weighted by Crippen LogP contribution is 2.23. The largest absolute Gasteiger partial charge is 0.444 e. The molecule has 134 valence electrons. The van der Waals surface area contributed by atoms with Gasteiger partial charge in [-0.05, 0) is 47.0 Å². The van der Waals surface area contributed by atoms with Gasteiger partial charge >= 0.3 is 6.09 Å². The molecule has 7 nitrogen and oxygen atoms in total. The molecule has 1 fully saturated rings. The van der Waals surface area contributed by atoms with Crippen LogP contribution in [0, 0.1) is 0 Å². The average molecular weight is 328 g/mol. The Labute approximate surface area is 139 Å². The van der Waals surface area contributed by atoms with Gasteiger partial charge in [-0.1, -0.05) is 0 Å². The van der Waals surface area contributed by atoms with E-state index in [1.54, 1.807) is 7.05 Å². The van der Waals surface area contributed by atoms with E-state index in [-0.39, 0.29) is 11.7 Å². The minimum Gasteiger partial charge on any atom is -0.444 e. The molecule has 0 bridgehead atoms. The molecule has 7 heteroatoms. The Hall–Kier alpha value is -1.50. The van der Waals surface area contributed by atoms with Gasteiger partial charge in [-0.2, -0.15) is 0 Å². The van der Waals surface area contributed by atoms with Gasteiger partial charge in [0.15, 0.2) is 5.96 Å². The van der Waals surface area contributed by atoms with Crippen molar-refractivity contribution in [1.82, 2.24) is 16.0 Å². The Balaban J connectivity index is 2.12. The Bertz CT molecular complexity index is 399. The number of nitrogens with zero attached hydrogens (tertiary/aromatic N) is 1. The van der Waals surface area contributed by atoms with Crippen molar-refractivity contribution in [2.45, 2.75) is 58.2 Å². The molecule has 0 aliphatic carbocycles. The lowest BCUT2D eigenvalue weighted by atomic mass is 10.0. The normalized spacial score (nSPS) is 21.9. The van der Waals surface area contributed by atoms with Gasteiger partial charge in [0, 0.05) is 33.3 Å². The molecular weight excluding hydrogens is 296 g/mol. The summed E-state index contributed by atoms with van der Waals surface area (Å²) in [6.45, 7) is 10.5. The van der Waals surface area contributed by atoms with Crippen LogP contribution in [0.5, 0.6) is 0 Å². The molecule has 0 saturated carbocycles. The summed E-state index contributed by atoms with van der Waals surface area (Å²) in [5, 5.41) is 9.24. The van der Waals surface area contributed by atoms with Crippen LogP contribution in [0.15, 0.2) is 4.99 Å². The smallest absolute Gasteiger partial charge is 0.407 e. The monoisotopic (exact) mass is 328 g/mol. The number of alkyl carbamates (subject to hydrolysis) is 1. The van der Waals surface area contributed by atoms with E-state index < -0.39 is 5.60 Å². The highest BCUT2D eigenvalue weighted by Gasteiger charge is 2.29. The van der Waals surface area contributed by atoms with Gasteiger partial charge in [-0.3, -0.25) is 4.99 Å². The summed E-state index contributed by atoms with van der Waals surface area (Å²) in [5.41, 5.74) is -0.567. The fourth-order valence-corrected chi connectivity index (χ4v) is 2.27. The standard InChI is InChI=1S/C16H32N4O3/c1-15(2,3)23-14(21)19-10-7-9-18-13(17-5)20-12-16(4)8-6-11-22-16/h6-12H2,1-5H3,(H,19,21)(H2,17,18,20). The van der Waals surface area contributed by atoms with Crippen LogP contribution >= 0.6 is 0 Å². The van der Waals surface area contributed by atoms with E-state index in [0.29, 0.717) is 13.1 Å². The molecule has 1 rings (SSSR count). The Morgan fingerprint density at radius 3 is 2.52 bits per heavy atom. The van der Waals surface area contributed by atoms with E-state index in [0.717, 1.165) is 38.4 Å². The van der Waals surface area contributed by atoms with Gasteiger partial charge < -0.3 is 25.4 Å². The van der Waals surface area contributed by atoms with Gasteiger partial charge in [0.1, 0.15) is 5.60 Å². The van der Waals surface area contributed by atoms with Crippen LogP contribution in [-0.2, 0) is 9.47 Å². The predicted octanol–water partition coefficient (Wildman–Crippen LogP) is 1.64. The maximum atomic E-state index is 11.5. The van der Waals surface area contributed by atoms with E-state index in [1.165, 1.54) is 0 Å². The average Bonchev–Trinajstić information content (AvgIpc) is 2.87. The van der Waals surface area contributed by atoms with E-state index in [2.05, 4.69) is 27.9 Å². The number of ether oxygens (including phenoxy) is 2. The number of rotatable bonds is 6. The zero-order valence-corrected chi connectivity index (χ0v) is 15.1. The van der Waals surface area contributed by atoms with E-state index in [4.69, 9.17) is 9.47 Å². The Kier molecular flexibility index (Phi) is 7.61. The summed E-state index contributed by atoms with van der Waals surface area (Å²) >= 11 is 0. The molecule has 1 atom stereocenters. The number of hydrogen-bond acceptors (Lipinski definition) is 4. The number of carbonyl (C=O) groups is 1. The molecule has 1 amide bonds. The fourth-order valence-electron chi connectivity index (χ4n) is 2.27. The van der Waals surface area contributed by atoms with Gasteiger partial charge in [0.2, 0.25) is 0 Å². The molecule has 1 aliphatic rings. The number of aliphatic imine (C=N–C) groups is 1. The SMILES string of the molecule is CN=C(NCCCNC(=O)OC(C)(C)C)NCC1(C)CCCO1. The third kappa shape index (κ3) is 8.64.